The van der Waals surface area contributed by atoms with E-state index in [4.69, 9.17) is 4.74 Å². The first-order chi connectivity index (χ1) is 8.83. The molecule has 3 nitrogen and oxygen atoms in total. The van der Waals surface area contributed by atoms with Gasteiger partial charge in [-0.15, -0.1) is 0 Å². The van der Waals surface area contributed by atoms with Gasteiger partial charge < -0.3 is 15.2 Å². The Labute approximate surface area is 109 Å². The van der Waals surface area contributed by atoms with Gasteiger partial charge >= 0.3 is 0 Å². The first-order valence-electron chi connectivity index (χ1n) is 6.80. The quantitative estimate of drug-likeness (QED) is 0.841. The maximum atomic E-state index is 9.37. The fraction of sp³-hybridized carbons (Fsp3) is 0.600. The lowest BCUT2D eigenvalue weighted by Crippen LogP contribution is -2.39. The normalized spacial score (nSPS) is 23.9. The van der Waals surface area contributed by atoms with Crippen molar-refractivity contribution in [2.24, 2.45) is 5.92 Å². The first kappa shape index (κ1) is 13.4. The molecule has 3 heteroatoms. The van der Waals surface area contributed by atoms with E-state index in [2.05, 4.69) is 17.4 Å². The third-order valence-corrected chi connectivity index (χ3v) is 3.87. The molecule has 0 aliphatic heterocycles. The van der Waals surface area contributed by atoms with Crippen LogP contribution in [0.5, 0.6) is 5.75 Å². The summed E-state index contributed by atoms with van der Waals surface area (Å²) in [7, 11) is 1.68. The standard InChI is InChI=1S/C15H23NO2/c1-18-14-8-6-12(7-9-14)10-16-15-5-3-2-4-13(15)11-17/h6-9,13,15-17H,2-5,10-11H2,1H3. The third-order valence-electron chi connectivity index (χ3n) is 3.87. The maximum Gasteiger partial charge on any atom is 0.118 e. The van der Waals surface area contributed by atoms with E-state index in [1.807, 2.05) is 12.1 Å². The Kier molecular flexibility index (Phi) is 5.02. The monoisotopic (exact) mass is 249 g/mol. The smallest absolute Gasteiger partial charge is 0.118 e. The van der Waals surface area contributed by atoms with Crippen LogP contribution in [0.15, 0.2) is 24.3 Å². The summed E-state index contributed by atoms with van der Waals surface area (Å²) in [5.74, 6) is 1.32. The van der Waals surface area contributed by atoms with Crippen LogP contribution in [0.25, 0.3) is 0 Å². The van der Waals surface area contributed by atoms with Crippen molar-refractivity contribution >= 4 is 0 Å². The van der Waals surface area contributed by atoms with Crippen LogP contribution in [-0.4, -0.2) is 24.9 Å². The molecule has 1 fully saturated rings. The predicted octanol–water partition coefficient (Wildman–Crippen LogP) is 2.34. The fourth-order valence-electron chi connectivity index (χ4n) is 2.69. The number of rotatable bonds is 5. The van der Waals surface area contributed by atoms with E-state index in [0.29, 0.717) is 18.6 Å². The first-order valence-corrected chi connectivity index (χ1v) is 6.80. The lowest BCUT2D eigenvalue weighted by Gasteiger charge is -2.31. The molecule has 2 rings (SSSR count). The summed E-state index contributed by atoms with van der Waals surface area (Å²) in [6.45, 7) is 1.17. The Hall–Kier alpha value is -1.06. The van der Waals surface area contributed by atoms with E-state index in [-0.39, 0.29) is 0 Å². The number of aliphatic hydroxyl groups excluding tert-OH is 1. The summed E-state index contributed by atoms with van der Waals surface area (Å²) in [5.41, 5.74) is 1.26. The SMILES string of the molecule is COc1ccc(CNC2CCCCC2CO)cc1. The summed E-state index contributed by atoms with van der Waals surface area (Å²) in [6, 6.07) is 8.61. The molecule has 0 heterocycles. The Morgan fingerprint density at radius 3 is 2.61 bits per heavy atom. The van der Waals surface area contributed by atoms with Crippen molar-refractivity contribution in [2.75, 3.05) is 13.7 Å². The summed E-state index contributed by atoms with van der Waals surface area (Å²) < 4.78 is 5.14. The zero-order valence-electron chi connectivity index (χ0n) is 11.1. The van der Waals surface area contributed by atoms with Crippen LogP contribution >= 0.6 is 0 Å². The van der Waals surface area contributed by atoms with Crippen molar-refractivity contribution < 1.29 is 9.84 Å². The van der Waals surface area contributed by atoms with Gasteiger partial charge in [0.25, 0.3) is 0 Å². The molecule has 0 amide bonds. The van der Waals surface area contributed by atoms with Gasteiger partial charge in [0, 0.05) is 19.2 Å². The Morgan fingerprint density at radius 2 is 1.94 bits per heavy atom. The Balaban J connectivity index is 1.85. The van der Waals surface area contributed by atoms with Gasteiger partial charge in [0.15, 0.2) is 0 Å². The average molecular weight is 249 g/mol. The highest BCUT2D eigenvalue weighted by molar-refractivity contribution is 5.27. The van der Waals surface area contributed by atoms with E-state index < -0.39 is 0 Å². The molecule has 0 spiro atoms. The number of hydrogen-bond acceptors (Lipinski definition) is 3. The molecule has 0 bridgehead atoms. The number of ether oxygens (including phenoxy) is 1. The van der Waals surface area contributed by atoms with Gasteiger partial charge in [-0.1, -0.05) is 25.0 Å². The molecule has 1 aromatic carbocycles. The van der Waals surface area contributed by atoms with Crippen molar-refractivity contribution in [3.05, 3.63) is 29.8 Å². The third kappa shape index (κ3) is 3.47. The average Bonchev–Trinajstić information content (AvgIpc) is 2.46. The van der Waals surface area contributed by atoms with Gasteiger partial charge in [-0.05, 0) is 36.5 Å². The second-order valence-corrected chi connectivity index (χ2v) is 5.06. The predicted molar refractivity (Wildman–Crippen MR) is 72.7 cm³/mol. The van der Waals surface area contributed by atoms with Crippen molar-refractivity contribution in [3.8, 4) is 5.75 Å². The fourth-order valence-corrected chi connectivity index (χ4v) is 2.69. The molecule has 1 saturated carbocycles. The molecule has 0 saturated heterocycles. The second kappa shape index (κ2) is 6.76. The second-order valence-electron chi connectivity index (χ2n) is 5.06. The largest absolute Gasteiger partial charge is 0.497 e. The van der Waals surface area contributed by atoms with Gasteiger partial charge in [0.05, 0.1) is 7.11 Å². The zero-order chi connectivity index (χ0) is 12.8. The minimum Gasteiger partial charge on any atom is -0.497 e. The molecule has 0 radical (unpaired) electrons. The molecule has 1 aliphatic carbocycles. The van der Waals surface area contributed by atoms with Crippen LogP contribution in [0.1, 0.15) is 31.2 Å². The van der Waals surface area contributed by atoms with Gasteiger partial charge in [-0.2, -0.15) is 0 Å². The molecule has 1 aliphatic rings. The summed E-state index contributed by atoms with van der Waals surface area (Å²) in [5, 5.41) is 12.9. The number of methoxy groups -OCH3 is 1. The number of nitrogens with one attached hydrogen (secondary N) is 1. The molecule has 2 N–H and O–H groups in total. The molecule has 18 heavy (non-hydrogen) atoms. The van der Waals surface area contributed by atoms with Crippen LogP contribution in [0.3, 0.4) is 0 Å². The number of hydrogen-bond donors (Lipinski definition) is 2. The van der Waals surface area contributed by atoms with E-state index in [1.54, 1.807) is 7.11 Å². The lowest BCUT2D eigenvalue weighted by atomic mass is 9.85. The van der Waals surface area contributed by atoms with Gasteiger partial charge in [-0.25, -0.2) is 0 Å². The van der Waals surface area contributed by atoms with E-state index in [0.717, 1.165) is 18.7 Å². The van der Waals surface area contributed by atoms with Crippen molar-refractivity contribution in [3.63, 3.8) is 0 Å². The van der Waals surface area contributed by atoms with Crippen molar-refractivity contribution in [2.45, 2.75) is 38.3 Å². The van der Waals surface area contributed by atoms with Crippen molar-refractivity contribution in [1.29, 1.82) is 0 Å². The van der Waals surface area contributed by atoms with Crippen LogP contribution in [0, 0.1) is 5.92 Å². The van der Waals surface area contributed by atoms with Crippen LogP contribution in [0.4, 0.5) is 0 Å². The summed E-state index contributed by atoms with van der Waals surface area (Å²) >= 11 is 0. The Morgan fingerprint density at radius 1 is 1.22 bits per heavy atom. The lowest BCUT2D eigenvalue weighted by molar-refractivity contribution is 0.152. The molecule has 2 unspecified atom stereocenters. The molecular formula is C15H23NO2. The molecule has 1 aromatic rings. The van der Waals surface area contributed by atoms with E-state index in [9.17, 15) is 5.11 Å². The topological polar surface area (TPSA) is 41.5 Å². The summed E-state index contributed by atoms with van der Waals surface area (Å²) in [6.07, 6.45) is 4.86. The van der Waals surface area contributed by atoms with Gasteiger partial charge in [0.2, 0.25) is 0 Å². The molecular weight excluding hydrogens is 226 g/mol. The molecule has 0 aromatic heterocycles. The minimum atomic E-state index is 0.306. The van der Waals surface area contributed by atoms with Gasteiger partial charge in [0.1, 0.15) is 5.75 Å². The Bertz CT molecular complexity index is 350. The number of benzene rings is 1. The highest BCUT2D eigenvalue weighted by atomic mass is 16.5. The minimum absolute atomic E-state index is 0.306. The highest BCUT2D eigenvalue weighted by Crippen LogP contribution is 2.24. The van der Waals surface area contributed by atoms with Gasteiger partial charge in [-0.3, -0.25) is 0 Å². The molecule has 2 atom stereocenters. The van der Waals surface area contributed by atoms with E-state index in [1.165, 1.54) is 24.8 Å². The number of aliphatic hydroxyl groups is 1. The summed E-state index contributed by atoms with van der Waals surface area (Å²) in [4.78, 5) is 0. The van der Waals surface area contributed by atoms with Crippen LogP contribution in [-0.2, 0) is 6.54 Å². The van der Waals surface area contributed by atoms with Crippen LogP contribution in [0.2, 0.25) is 0 Å². The highest BCUT2D eigenvalue weighted by Gasteiger charge is 2.23. The van der Waals surface area contributed by atoms with Crippen LogP contribution < -0.4 is 10.1 Å². The zero-order valence-corrected chi connectivity index (χ0v) is 11.1. The van der Waals surface area contributed by atoms with Crippen molar-refractivity contribution in [1.82, 2.24) is 5.32 Å². The van der Waals surface area contributed by atoms with E-state index >= 15 is 0 Å². The molecule has 100 valence electrons. The maximum absolute atomic E-state index is 9.37.